The monoisotopic (exact) mass is 466 g/mol. The Morgan fingerprint density at radius 1 is 0.839 bits per heavy atom. The lowest BCUT2D eigenvalue weighted by Gasteiger charge is -2.12. The first-order chi connectivity index (χ1) is 14.6. The maximum Gasteiger partial charge on any atom is 0.339 e. The number of benzene rings is 3. The zero-order valence-electron chi connectivity index (χ0n) is 15.9. The first-order valence-electron chi connectivity index (χ1n) is 8.52. The molecule has 11 heteroatoms. The fraction of sp³-hybridized carbons (Fsp3) is 0.0500. The molecule has 3 rings (SSSR count). The predicted molar refractivity (Wildman–Crippen MR) is 106 cm³/mol. The number of sulfone groups is 1. The van der Waals surface area contributed by atoms with Crippen LogP contribution in [0.1, 0.15) is 10.4 Å². The van der Waals surface area contributed by atoms with E-state index >= 15 is 0 Å². The molecule has 0 spiro atoms. The van der Waals surface area contributed by atoms with Gasteiger partial charge in [0.05, 0.1) is 16.9 Å². The minimum atomic E-state index is -4.36. The van der Waals surface area contributed by atoms with E-state index in [4.69, 9.17) is 8.92 Å². The highest BCUT2D eigenvalue weighted by Gasteiger charge is 2.25. The van der Waals surface area contributed by atoms with Gasteiger partial charge in [0.2, 0.25) is 9.84 Å². The summed E-state index contributed by atoms with van der Waals surface area (Å²) in [4.78, 5) is 10.5. The van der Waals surface area contributed by atoms with Crippen molar-refractivity contribution in [3.8, 4) is 11.5 Å². The van der Waals surface area contributed by atoms with Crippen molar-refractivity contribution in [2.24, 2.45) is 0 Å². The van der Waals surface area contributed by atoms with Crippen LogP contribution in [0.3, 0.4) is 0 Å². The molecule has 3 aromatic rings. The Morgan fingerprint density at radius 2 is 1.42 bits per heavy atom. The predicted octanol–water partition coefficient (Wildman–Crippen LogP) is 3.13. The smallest absolute Gasteiger partial charge is 0.339 e. The lowest BCUT2D eigenvalue weighted by Crippen LogP contribution is -2.13. The van der Waals surface area contributed by atoms with E-state index in [-0.39, 0.29) is 10.6 Å². The van der Waals surface area contributed by atoms with Gasteiger partial charge in [-0.25, -0.2) is 17.6 Å². The van der Waals surface area contributed by atoms with Crippen LogP contribution in [-0.4, -0.2) is 35.0 Å². The van der Waals surface area contributed by atoms with E-state index in [9.17, 15) is 31.1 Å². The highest BCUT2D eigenvalue weighted by atomic mass is 32.2. The zero-order valence-corrected chi connectivity index (χ0v) is 17.5. The van der Waals surface area contributed by atoms with Crippen LogP contribution in [-0.2, 0) is 20.0 Å². The maximum atomic E-state index is 13.9. The molecule has 0 aliphatic carbocycles. The molecule has 0 saturated heterocycles. The molecule has 0 fully saturated rings. The SMILES string of the molecule is COc1ccc(S(=O)(=O)c2ccc(OS(=O)(=O)c3ccccc3)c(C(=O)O)c2)cc1F. The molecule has 31 heavy (non-hydrogen) atoms. The van der Waals surface area contributed by atoms with Crippen LogP contribution in [0.4, 0.5) is 4.39 Å². The van der Waals surface area contributed by atoms with Crippen LogP contribution in [0.5, 0.6) is 11.5 Å². The highest BCUT2D eigenvalue weighted by Crippen LogP contribution is 2.30. The average Bonchev–Trinajstić information content (AvgIpc) is 2.74. The summed E-state index contributed by atoms with van der Waals surface area (Å²) in [6.07, 6.45) is 0. The number of rotatable bonds is 7. The number of carbonyl (C=O) groups is 1. The first-order valence-corrected chi connectivity index (χ1v) is 11.4. The van der Waals surface area contributed by atoms with Gasteiger partial charge < -0.3 is 14.0 Å². The van der Waals surface area contributed by atoms with Gasteiger partial charge in [0, 0.05) is 0 Å². The number of carboxylic acid groups (broad SMARTS) is 1. The summed E-state index contributed by atoms with van der Waals surface area (Å²) >= 11 is 0. The summed E-state index contributed by atoms with van der Waals surface area (Å²) in [5, 5.41) is 9.46. The normalized spacial score (nSPS) is 11.7. The lowest BCUT2D eigenvalue weighted by molar-refractivity contribution is 0.0695. The van der Waals surface area contributed by atoms with E-state index in [1.165, 1.54) is 31.4 Å². The molecule has 8 nitrogen and oxygen atoms in total. The second-order valence-electron chi connectivity index (χ2n) is 6.11. The van der Waals surface area contributed by atoms with Crippen molar-refractivity contribution in [1.82, 2.24) is 0 Å². The van der Waals surface area contributed by atoms with E-state index in [0.717, 1.165) is 36.4 Å². The van der Waals surface area contributed by atoms with Gasteiger partial charge in [-0.05, 0) is 48.5 Å². The van der Waals surface area contributed by atoms with Gasteiger partial charge in [-0.2, -0.15) is 8.42 Å². The molecule has 0 aliphatic heterocycles. The van der Waals surface area contributed by atoms with Crippen LogP contribution in [0.25, 0.3) is 0 Å². The zero-order chi connectivity index (χ0) is 22.8. The average molecular weight is 466 g/mol. The Hall–Kier alpha value is -3.44. The molecule has 0 radical (unpaired) electrons. The summed E-state index contributed by atoms with van der Waals surface area (Å²) in [6.45, 7) is 0. The second-order valence-corrected chi connectivity index (χ2v) is 9.61. The molecule has 0 saturated carbocycles. The number of halogens is 1. The van der Waals surface area contributed by atoms with E-state index in [0.29, 0.717) is 0 Å². The Morgan fingerprint density at radius 3 is 1.97 bits per heavy atom. The van der Waals surface area contributed by atoms with Gasteiger partial charge in [0.1, 0.15) is 10.5 Å². The fourth-order valence-corrected chi connectivity index (χ4v) is 4.89. The summed E-state index contributed by atoms with van der Waals surface area (Å²) in [7, 11) is -7.46. The third-order valence-electron chi connectivity index (χ3n) is 4.16. The van der Waals surface area contributed by atoms with Gasteiger partial charge in [-0.1, -0.05) is 18.2 Å². The number of ether oxygens (including phenoxy) is 1. The second kappa shape index (κ2) is 8.36. The van der Waals surface area contributed by atoms with Crippen LogP contribution in [0.2, 0.25) is 0 Å². The topological polar surface area (TPSA) is 124 Å². The molecule has 0 bridgehead atoms. The van der Waals surface area contributed by atoms with Gasteiger partial charge in [0.15, 0.2) is 17.3 Å². The van der Waals surface area contributed by atoms with E-state index in [1.54, 1.807) is 6.07 Å². The molecular weight excluding hydrogens is 451 g/mol. The molecule has 1 N–H and O–H groups in total. The molecule has 3 aromatic carbocycles. The third kappa shape index (κ3) is 4.52. The lowest BCUT2D eigenvalue weighted by atomic mass is 10.2. The number of hydrogen-bond donors (Lipinski definition) is 1. The van der Waals surface area contributed by atoms with Crippen molar-refractivity contribution in [3.05, 3.63) is 78.1 Å². The van der Waals surface area contributed by atoms with Crippen LogP contribution in [0, 0.1) is 5.82 Å². The summed E-state index contributed by atoms with van der Waals surface area (Å²) in [5.41, 5.74) is -0.699. The van der Waals surface area contributed by atoms with Crippen molar-refractivity contribution in [2.75, 3.05) is 7.11 Å². The van der Waals surface area contributed by atoms with Crippen LogP contribution < -0.4 is 8.92 Å². The molecule has 0 aromatic heterocycles. The number of methoxy groups -OCH3 is 1. The highest BCUT2D eigenvalue weighted by molar-refractivity contribution is 7.91. The van der Waals surface area contributed by atoms with Crippen molar-refractivity contribution in [1.29, 1.82) is 0 Å². The number of hydrogen-bond acceptors (Lipinski definition) is 7. The van der Waals surface area contributed by atoms with Crippen molar-refractivity contribution < 1.29 is 40.0 Å². The summed E-state index contributed by atoms with van der Waals surface area (Å²) in [6, 6.07) is 12.6. The Labute approximate surface area is 177 Å². The summed E-state index contributed by atoms with van der Waals surface area (Å²) < 4.78 is 74.0. The minimum Gasteiger partial charge on any atom is -0.494 e. The third-order valence-corrected chi connectivity index (χ3v) is 7.15. The Bertz CT molecular complexity index is 1350. The number of carboxylic acids is 1. The fourth-order valence-electron chi connectivity index (χ4n) is 2.62. The maximum absolute atomic E-state index is 13.9. The quantitative estimate of drug-likeness (QED) is 0.527. The Kier molecular flexibility index (Phi) is 6.00. The van der Waals surface area contributed by atoms with Crippen molar-refractivity contribution in [3.63, 3.8) is 0 Å². The van der Waals surface area contributed by atoms with E-state index < -0.39 is 52.8 Å². The summed E-state index contributed by atoms with van der Waals surface area (Å²) in [5.74, 6) is -3.27. The van der Waals surface area contributed by atoms with E-state index in [1.807, 2.05) is 0 Å². The van der Waals surface area contributed by atoms with Gasteiger partial charge >= 0.3 is 16.1 Å². The van der Waals surface area contributed by atoms with Crippen LogP contribution >= 0.6 is 0 Å². The van der Waals surface area contributed by atoms with Gasteiger partial charge in [0.25, 0.3) is 0 Å². The Balaban J connectivity index is 2.04. The van der Waals surface area contributed by atoms with E-state index in [2.05, 4.69) is 0 Å². The molecular formula is C20H15FO8S2. The first kappa shape index (κ1) is 22.2. The molecule has 0 atom stereocenters. The number of aromatic carboxylic acids is 1. The van der Waals surface area contributed by atoms with Crippen molar-refractivity contribution >= 4 is 25.9 Å². The largest absolute Gasteiger partial charge is 0.494 e. The molecule has 0 heterocycles. The van der Waals surface area contributed by atoms with Crippen molar-refractivity contribution in [2.45, 2.75) is 14.7 Å². The van der Waals surface area contributed by atoms with Gasteiger partial charge in [-0.3, -0.25) is 0 Å². The molecule has 0 aliphatic rings. The molecule has 0 unspecified atom stereocenters. The van der Waals surface area contributed by atoms with Gasteiger partial charge in [-0.15, -0.1) is 0 Å². The molecule has 162 valence electrons. The van der Waals surface area contributed by atoms with Crippen LogP contribution in [0.15, 0.2) is 81.4 Å². The standard InChI is InChI=1S/C20H15FO8S2/c1-28-19-10-8-15(12-17(19)21)30(24,25)14-7-9-18(16(11-14)20(22)23)29-31(26,27)13-5-3-2-4-6-13/h2-12H,1H3,(H,22,23). The molecule has 0 amide bonds. The minimum absolute atomic E-state index is 0.167.